The number of hydrogen-bond donors (Lipinski definition) is 0. The minimum Gasteiger partial charge on any atom is -0.307 e. The van der Waals surface area contributed by atoms with Crippen LogP contribution in [0.5, 0.6) is 0 Å². The van der Waals surface area contributed by atoms with Crippen LogP contribution in [0, 0.1) is 0 Å². The summed E-state index contributed by atoms with van der Waals surface area (Å²) in [6.07, 6.45) is 1.60. The van der Waals surface area contributed by atoms with Gasteiger partial charge in [0, 0.05) is 11.1 Å². The Balaban J connectivity index is 1.71. The Bertz CT molecular complexity index is 1190. The summed E-state index contributed by atoms with van der Waals surface area (Å²) in [7, 11) is -3.15. The highest BCUT2D eigenvalue weighted by Crippen LogP contribution is 2.25. The first kappa shape index (κ1) is 18.4. The predicted octanol–water partition coefficient (Wildman–Crippen LogP) is 1.62. The first-order valence-electron chi connectivity index (χ1n) is 8.97. The zero-order valence-electron chi connectivity index (χ0n) is 15.1. The number of rotatable bonds is 4. The molecule has 0 aliphatic carbocycles. The quantitative estimate of drug-likeness (QED) is 0.667. The van der Waals surface area contributed by atoms with Gasteiger partial charge in [0.15, 0.2) is 9.84 Å². The Hall–Kier alpha value is -3.00. The number of hydrogen-bond acceptors (Lipinski definition) is 5. The normalized spacial score (nSPS) is 18.2. The van der Waals surface area contributed by atoms with E-state index in [9.17, 15) is 18.0 Å². The Labute approximate surface area is 162 Å². The monoisotopic (exact) mass is 397 g/mol. The highest BCUT2D eigenvalue weighted by atomic mass is 32.2. The van der Waals surface area contributed by atoms with Crippen LogP contribution in [-0.2, 0) is 21.2 Å². The standard InChI is InChI=1S/C20H19N3O4S/c24-19-12-21-22(18-9-5-4-8-17(18)19)13-20(25)23(15-6-2-1-3-7-15)16-10-11-28(26,27)14-16/h1-9,12,16H,10-11,13-14H2. The van der Waals surface area contributed by atoms with Crippen LogP contribution >= 0.6 is 0 Å². The van der Waals surface area contributed by atoms with Gasteiger partial charge in [0.05, 0.1) is 29.3 Å². The molecule has 4 rings (SSSR count). The molecule has 1 unspecified atom stereocenters. The van der Waals surface area contributed by atoms with Gasteiger partial charge in [-0.1, -0.05) is 30.3 Å². The maximum absolute atomic E-state index is 13.2. The number of carbonyl (C=O) groups excluding carboxylic acids is 1. The third-order valence-electron chi connectivity index (χ3n) is 4.92. The molecule has 0 N–H and O–H groups in total. The molecular formula is C20H19N3O4S. The topological polar surface area (TPSA) is 89.3 Å². The van der Waals surface area contributed by atoms with Crippen LogP contribution in [0.25, 0.3) is 10.9 Å². The van der Waals surface area contributed by atoms with Crippen molar-refractivity contribution in [1.82, 2.24) is 9.78 Å². The Morgan fingerprint density at radius 1 is 1.11 bits per heavy atom. The summed E-state index contributed by atoms with van der Waals surface area (Å²) in [6.45, 7) is -0.0910. The molecule has 7 nitrogen and oxygen atoms in total. The van der Waals surface area contributed by atoms with Crippen molar-refractivity contribution in [3.8, 4) is 0 Å². The van der Waals surface area contributed by atoms with Gasteiger partial charge in [-0.05, 0) is 30.7 Å². The van der Waals surface area contributed by atoms with E-state index in [0.29, 0.717) is 23.0 Å². The van der Waals surface area contributed by atoms with Gasteiger partial charge in [0.25, 0.3) is 0 Å². The van der Waals surface area contributed by atoms with E-state index in [4.69, 9.17) is 0 Å². The molecule has 28 heavy (non-hydrogen) atoms. The van der Waals surface area contributed by atoms with E-state index in [0.717, 1.165) is 0 Å². The van der Waals surface area contributed by atoms with Gasteiger partial charge in [-0.2, -0.15) is 5.10 Å². The molecule has 144 valence electrons. The first-order valence-corrected chi connectivity index (χ1v) is 10.8. The van der Waals surface area contributed by atoms with Crippen LogP contribution in [0.1, 0.15) is 6.42 Å². The van der Waals surface area contributed by atoms with E-state index >= 15 is 0 Å². The number of amides is 1. The lowest BCUT2D eigenvalue weighted by atomic mass is 10.1. The maximum Gasteiger partial charge on any atom is 0.249 e. The van der Waals surface area contributed by atoms with Gasteiger partial charge in [-0.3, -0.25) is 14.3 Å². The van der Waals surface area contributed by atoms with Crippen LogP contribution in [0.4, 0.5) is 5.69 Å². The Kier molecular flexibility index (Phi) is 4.72. The van der Waals surface area contributed by atoms with Gasteiger partial charge in [0.2, 0.25) is 11.3 Å². The summed E-state index contributed by atoms with van der Waals surface area (Å²) in [5.41, 5.74) is 1.01. The number of nitrogens with zero attached hydrogens (tertiary/aromatic N) is 3. The number of benzene rings is 2. The van der Waals surface area contributed by atoms with Gasteiger partial charge in [0.1, 0.15) is 6.54 Å². The van der Waals surface area contributed by atoms with Gasteiger partial charge in [-0.15, -0.1) is 0 Å². The van der Waals surface area contributed by atoms with Gasteiger partial charge >= 0.3 is 0 Å². The van der Waals surface area contributed by atoms with E-state index in [1.165, 1.54) is 10.9 Å². The number of para-hydroxylation sites is 2. The molecule has 8 heteroatoms. The first-order chi connectivity index (χ1) is 13.4. The SMILES string of the molecule is O=C(Cn1ncc(=O)c2ccccc21)N(c1ccccc1)C1CCS(=O)(=O)C1. The second kappa shape index (κ2) is 7.20. The van der Waals surface area contributed by atoms with Gasteiger partial charge < -0.3 is 4.90 Å². The van der Waals surface area contributed by atoms with Crippen LogP contribution < -0.4 is 10.3 Å². The fraction of sp³-hybridized carbons (Fsp3) is 0.250. The lowest BCUT2D eigenvalue weighted by Crippen LogP contribution is -2.43. The molecule has 1 aliphatic heterocycles. The van der Waals surface area contributed by atoms with Crippen molar-refractivity contribution < 1.29 is 13.2 Å². The molecule has 1 aliphatic rings. The smallest absolute Gasteiger partial charge is 0.249 e. The molecule has 1 saturated heterocycles. The zero-order valence-corrected chi connectivity index (χ0v) is 15.9. The Morgan fingerprint density at radius 3 is 2.54 bits per heavy atom. The van der Waals surface area contributed by atoms with Gasteiger partial charge in [-0.25, -0.2) is 8.42 Å². The van der Waals surface area contributed by atoms with E-state index in [-0.39, 0.29) is 29.4 Å². The van der Waals surface area contributed by atoms with Crippen molar-refractivity contribution >= 4 is 32.3 Å². The molecule has 3 aromatic rings. The van der Waals surface area contributed by atoms with Crippen LogP contribution in [-0.4, -0.2) is 41.7 Å². The van der Waals surface area contributed by atoms with Crippen LogP contribution in [0.2, 0.25) is 0 Å². The van der Waals surface area contributed by atoms with E-state index in [1.54, 1.807) is 41.3 Å². The average Bonchev–Trinajstić information content (AvgIpc) is 3.04. The second-order valence-corrected chi connectivity index (χ2v) is 9.07. The van der Waals surface area contributed by atoms with Crippen molar-refractivity contribution in [2.24, 2.45) is 0 Å². The number of aromatic nitrogens is 2. The number of sulfone groups is 1. The molecule has 1 atom stereocenters. The predicted molar refractivity (Wildman–Crippen MR) is 107 cm³/mol. The molecule has 0 radical (unpaired) electrons. The molecule has 0 spiro atoms. The molecule has 0 saturated carbocycles. The minimum atomic E-state index is -3.15. The average molecular weight is 397 g/mol. The third-order valence-corrected chi connectivity index (χ3v) is 6.67. The largest absolute Gasteiger partial charge is 0.307 e. The van der Waals surface area contributed by atoms with Crippen molar-refractivity contribution in [2.45, 2.75) is 19.0 Å². The van der Waals surface area contributed by atoms with E-state index in [1.807, 2.05) is 18.2 Å². The molecule has 2 aromatic carbocycles. The van der Waals surface area contributed by atoms with Crippen molar-refractivity contribution in [2.75, 3.05) is 16.4 Å². The van der Waals surface area contributed by atoms with Crippen LogP contribution in [0.15, 0.2) is 65.6 Å². The minimum absolute atomic E-state index is 0.0496. The molecule has 0 bridgehead atoms. The number of carbonyl (C=O) groups is 1. The molecule has 1 amide bonds. The highest BCUT2D eigenvalue weighted by Gasteiger charge is 2.35. The number of fused-ring (bicyclic) bond motifs is 1. The van der Waals surface area contributed by atoms with Crippen molar-refractivity contribution in [1.29, 1.82) is 0 Å². The van der Waals surface area contributed by atoms with E-state index in [2.05, 4.69) is 5.10 Å². The summed E-state index contributed by atoms with van der Waals surface area (Å²) in [4.78, 5) is 26.8. The Morgan fingerprint density at radius 2 is 1.82 bits per heavy atom. The molecular weight excluding hydrogens is 378 g/mol. The number of anilines is 1. The lowest BCUT2D eigenvalue weighted by molar-refractivity contribution is -0.119. The molecule has 2 heterocycles. The van der Waals surface area contributed by atoms with E-state index < -0.39 is 15.9 Å². The summed E-state index contributed by atoms with van der Waals surface area (Å²) < 4.78 is 25.4. The summed E-state index contributed by atoms with van der Waals surface area (Å²) in [6, 6.07) is 15.6. The summed E-state index contributed by atoms with van der Waals surface area (Å²) in [5.74, 6) is -0.242. The maximum atomic E-state index is 13.2. The molecule has 1 aromatic heterocycles. The summed E-state index contributed by atoms with van der Waals surface area (Å²) >= 11 is 0. The van der Waals surface area contributed by atoms with Crippen molar-refractivity contribution in [3.63, 3.8) is 0 Å². The summed E-state index contributed by atoms with van der Waals surface area (Å²) in [5, 5.41) is 4.60. The lowest BCUT2D eigenvalue weighted by Gasteiger charge is -2.28. The highest BCUT2D eigenvalue weighted by molar-refractivity contribution is 7.91. The second-order valence-electron chi connectivity index (χ2n) is 6.84. The fourth-order valence-corrected chi connectivity index (χ4v) is 5.32. The van der Waals surface area contributed by atoms with Crippen LogP contribution in [0.3, 0.4) is 0 Å². The molecule has 1 fully saturated rings. The zero-order chi connectivity index (χ0) is 19.7. The van der Waals surface area contributed by atoms with Crippen molar-refractivity contribution in [3.05, 3.63) is 71.0 Å². The third kappa shape index (κ3) is 3.55. The fourth-order valence-electron chi connectivity index (χ4n) is 3.62.